The Morgan fingerprint density at radius 2 is 0.500 bits per heavy atom. The maximum atomic E-state index is 13.1. The molecule has 0 aromatic rings. The van der Waals surface area contributed by atoms with E-state index in [1.54, 1.807) is 0 Å². The Bertz CT molecular complexity index is 1890. The summed E-state index contributed by atoms with van der Waals surface area (Å²) >= 11 is 0. The van der Waals surface area contributed by atoms with Gasteiger partial charge in [-0.25, -0.2) is 9.13 Å². The standard InChI is InChI=1S/C77H150O17P2/c1-9-70(8)56-48-40-31-25-18-16-14-12-10-11-13-15-17-19-26-33-43-51-59-76(81)93-72(63-87-74(79)57-49-41-32-28-22-24-30-38-46-54-68(4)5)65-91-95(83,84)89-61-71(78)62-90-96(85,86)92-66-73(64-88-75(80)58-50-42-36-35-39-47-55-69(6)7)94-77(82)60-52-44-34-27-21-20-23-29-37-45-53-67(2)3/h67-73,78H,9-66H2,1-8H3,(H,83,84)(H,85,86)/t70?,71-,72-,73-/m1/s1. The van der Waals surface area contributed by atoms with Crippen molar-refractivity contribution in [2.45, 2.75) is 408 Å². The minimum absolute atomic E-state index is 0.104. The Morgan fingerprint density at radius 3 is 0.740 bits per heavy atom. The van der Waals surface area contributed by atoms with Crippen LogP contribution in [0.3, 0.4) is 0 Å². The van der Waals surface area contributed by atoms with Crippen molar-refractivity contribution in [2.24, 2.45) is 23.7 Å². The molecule has 0 spiro atoms. The third kappa shape index (κ3) is 69.2. The third-order valence-corrected chi connectivity index (χ3v) is 20.1. The zero-order chi connectivity index (χ0) is 71.0. The fraction of sp³-hybridized carbons (Fsp3) is 0.948. The van der Waals surface area contributed by atoms with E-state index >= 15 is 0 Å². The molecule has 0 fully saturated rings. The second kappa shape index (κ2) is 66.3. The molecule has 3 N–H and O–H groups in total. The Balaban J connectivity index is 5.18. The second-order valence-corrected chi connectivity index (χ2v) is 32.3. The van der Waals surface area contributed by atoms with Crippen molar-refractivity contribution >= 4 is 39.5 Å². The van der Waals surface area contributed by atoms with E-state index in [1.807, 2.05) is 0 Å². The molecule has 0 radical (unpaired) electrons. The topological polar surface area (TPSA) is 237 Å². The minimum atomic E-state index is -4.96. The lowest BCUT2D eigenvalue weighted by Gasteiger charge is -2.21. The summed E-state index contributed by atoms with van der Waals surface area (Å²) in [6, 6.07) is 0. The van der Waals surface area contributed by atoms with E-state index in [9.17, 15) is 43.2 Å². The van der Waals surface area contributed by atoms with E-state index < -0.39 is 97.5 Å². The van der Waals surface area contributed by atoms with E-state index in [2.05, 4.69) is 55.4 Å². The number of phosphoric ester groups is 2. The molecule has 0 aliphatic rings. The van der Waals surface area contributed by atoms with Crippen LogP contribution in [0, 0.1) is 23.7 Å². The van der Waals surface area contributed by atoms with Crippen LogP contribution in [0.5, 0.6) is 0 Å². The van der Waals surface area contributed by atoms with E-state index in [0.29, 0.717) is 31.6 Å². The molecular weight excluding hydrogens is 1260 g/mol. The molecule has 6 atom stereocenters. The molecule has 17 nitrogen and oxygen atoms in total. The summed E-state index contributed by atoms with van der Waals surface area (Å²) < 4.78 is 68.5. The number of ether oxygens (including phenoxy) is 4. The first-order valence-corrected chi connectivity index (χ1v) is 42.7. The van der Waals surface area contributed by atoms with Crippen molar-refractivity contribution in [2.75, 3.05) is 39.6 Å². The van der Waals surface area contributed by atoms with Crippen molar-refractivity contribution in [3.05, 3.63) is 0 Å². The highest BCUT2D eigenvalue weighted by atomic mass is 31.2. The fourth-order valence-corrected chi connectivity index (χ4v) is 13.3. The number of esters is 4. The van der Waals surface area contributed by atoms with Crippen molar-refractivity contribution < 1.29 is 80.2 Å². The number of phosphoric acid groups is 2. The summed E-state index contributed by atoms with van der Waals surface area (Å²) in [5.41, 5.74) is 0. The van der Waals surface area contributed by atoms with Crippen LogP contribution in [0.15, 0.2) is 0 Å². The maximum absolute atomic E-state index is 13.1. The lowest BCUT2D eigenvalue weighted by atomic mass is 9.99. The molecule has 19 heteroatoms. The molecule has 0 amide bonds. The molecule has 0 heterocycles. The summed E-state index contributed by atoms with van der Waals surface area (Å²) in [5, 5.41) is 10.6. The molecule has 0 rings (SSSR count). The van der Waals surface area contributed by atoms with Crippen LogP contribution in [-0.2, 0) is 65.4 Å². The first-order valence-electron chi connectivity index (χ1n) is 39.7. The van der Waals surface area contributed by atoms with E-state index in [0.717, 1.165) is 114 Å². The van der Waals surface area contributed by atoms with Gasteiger partial charge >= 0.3 is 39.5 Å². The third-order valence-electron chi connectivity index (χ3n) is 18.2. The number of hydrogen-bond acceptors (Lipinski definition) is 15. The van der Waals surface area contributed by atoms with Crippen LogP contribution in [0.1, 0.15) is 389 Å². The number of rotatable bonds is 74. The number of aliphatic hydroxyl groups is 1. The molecule has 96 heavy (non-hydrogen) atoms. The molecule has 570 valence electrons. The van der Waals surface area contributed by atoms with Crippen LogP contribution in [0.25, 0.3) is 0 Å². The summed E-state index contributed by atoms with van der Waals surface area (Å²) in [4.78, 5) is 72.8. The van der Waals surface area contributed by atoms with Crippen LogP contribution in [0.2, 0.25) is 0 Å². The first-order chi connectivity index (χ1) is 46.1. The first kappa shape index (κ1) is 94.1. The molecule has 0 saturated carbocycles. The normalized spacial score (nSPS) is 14.4. The summed E-state index contributed by atoms with van der Waals surface area (Å²) in [7, 11) is -9.91. The van der Waals surface area contributed by atoms with Gasteiger partial charge in [0.15, 0.2) is 12.2 Å². The van der Waals surface area contributed by atoms with Gasteiger partial charge in [0, 0.05) is 25.7 Å². The summed E-state index contributed by atoms with van der Waals surface area (Å²) in [6.45, 7) is 14.2. The Hall–Kier alpha value is -1.94. The molecule has 0 saturated heterocycles. The minimum Gasteiger partial charge on any atom is -0.462 e. The second-order valence-electron chi connectivity index (χ2n) is 29.4. The van der Waals surface area contributed by atoms with Gasteiger partial charge in [-0.15, -0.1) is 0 Å². The van der Waals surface area contributed by atoms with Gasteiger partial charge in [-0.1, -0.05) is 338 Å². The van der Waals surface area contributed by atoms with Crippen molar-refractivity contribution in [1.82, 2.24) is 0 Å². The Labute approximate surface area is 588 Å². The van der Waals surface area contributed by atoms with E-state index in [4.69, 9.17) is 37.0 Å². The monoisotopic (exact) mass is 1410 g/mol. The number of carbonyl (C=O) groups is 4. The highest BCUT2D eigenvalue weighted by Gasteiger charge is 2.30. The van der Waals surface area contributed by atoms with E-state index in [-0.39, 0.29) is 25.7 Å². The van der Waals surface area contributed by atoms with Gasteiger partial charge in [0.05, 0.1) is 26.4 Å². The molecule has 0 aliphatic carbocycles. The quantitative estimate of drug-likeness (QED) is 0.0222. The number of unbranched alkanes of at least 4 members (excludes halogenated alkanes) is 39. The number of aliphatic hydroxyl groups excluding tert-OH is 1. The summed E-state index contributed by atoms with van der Waals surface area (Å²) in [5.74, 6) is 0.923. The van der Waals surface area contributed by atoms with Crippen LogP contribution in [-0.4, -0.2) is 96.7 Å². The largest absolute Gasteiger partial charge is 0.472 e. The van der Waals surface area contributed by atoms with Crippen molar-refractivity contribution in [3.63, 3.8) is 0 Å². The molecule has 0 aromatic carbocycles. The zero-order valence-electron chi connectivity index (χ0n) is 63.0. The van der Waals surface area contributed by atoms with Gasteiger partial charge in [-0.2, -0.15) is 0 Å². The van der Waals surface area contributed by atoms with Crippen LogP contribution < -0.4 is 0 Å². The Kier molecular flexibility index (Phi) is 65.0. The number of hydrogen-bond donors (Lipinski definition) is 3. The molecule has 0 aromatic heterocycles. The fourth-order valence-electron chi connectivity index (χ4n) is 11.7. The van der Waals surface area contributed by atoms with Crippen molar-refractivity contribution in [1.29, 1.82) is 0 Å². The maximum Gasteiger partial charge on any atom is 0.472 e. The summed E-state index contributed by atoms with van der Waals surface area (Å²) in [6.07, 6.45) is 51.6. The lowest BCUT2D eigenvalue weighted by Crippen LogP contribution is -2.30. The van der Waals surface area contributed by atoms with Gasteiger partial charge in [-0.3, -0.25) is 37.3 Å². The van der Waals surface area contributed by atoms with Gasteiger partial charge < -0.3 is 33.8 Å². The smallest absolute Gasteiger partial charge is 0.462 e. The van der Waals surface area contributed by atoms with Gasteiger partial charge in [0.1, 0.15) is 19.3 Å². The van der Waals surface area contributed by atoms with Crippen LogP contribution in [0.4, 0.5) is 0 Å². The Morgan fingerprint density at radius 1 is 0.292 bits per heavy atom. The van der Waals surface area contributed by atoms with Gasteiger partial charge in [0.25, 0.3) is 0 Å². The average Bonchev–Trinajstić information content (AvgIpc) is 1.79. The van der Waals surface area contributed by atoms with Gasteiger partial charge in [0.2, 0.25) is 0 Å². The lowest BCUT2D eigenvalue weighted by molar-refractivity contribution is -0.161. The van der Waals surface area contributed by atoms with Crippen LogP contribution >= 0.6 is 15.6 Å². The van der Waals surface area contributed by atoms with Gasteiger partial charge in [-0.05, 0) is 49.4 Å². The average molecular weight is 1410 g/mol. The predicted molar refractivity (Wildman–Crippen MR) is 391 cm³/mol. The highest BCUT2D eigenvalue weighted by molar-refractivity contribution is 7.47. The molecule has 3 unspecified atom stereocenters. The zero-order valence-corrected chi connectivity index (χ0v) is 64.8. The highest BCUT2D eigenvalue weighted by Crippen LogP contribution is 2.45. The van der Waals surface area contributed by atoms with E-state index in [1.165, 1.54) is 186 Å². The SMILES string of the molecule is CCC(C)CCCCCCCCCCCCCCCCCCCCC(=O)O[C@H](COC(=O)CCCCCCCCCCCC(C)C)COP(=O)(O)OC[C@@H](O)COP(=O)(O)OC[C@@H](COC(=O)CCCCCCCCC(C)C)OC(=O)CCCCCCCCCCCCC(C)C. The molecule has 0 bridgehead atoms. The number of carbonyl (C=O) groups excluding carboxylic acids is 4. The van der Waals surface area contributed by atoms with Crippen molar-refractivity contribution in [3.8, 4) is 0 Å². The molecule has 0 aliphatic heterocycles. The predicted octanol–water partition coefficient (Wildman–Crippen LogP) is 22.4. The molecular formula is C77H150O17P2.